The van der Waals surface area contributed by atoms with E-state index in [0.29, 0.717) is 5.75 Å². The average Bonchev–Trinajstić information content (AvgIpc) is 2.35. The molecule has 0 saturated carbocycles. The number of ether oxygens (including phenoxy) is 2. The van der Waals surface area contributed by atoms with Crippen LogP contribution in [0.5, 0.6) is 5.75 Å². The van der Waals surface area contributed by atoms with Gasteiger partial charge in [-0.3, -0.25) is 4.79 Å². The molecule has 2 N–H and O–H groups in total. The summed E-state index contributed by atoms with van der Waals surface area (Å²) in [5, 5.41) is 0. The zero-order chi connectivity index (χ0) is 16.2. The van der Waals surface area contributed by atoms with Crippen molar-refractivity contribution < 1.29 is 14.3 Å². The molecular weight excluding hydrogens is 402 g/mol. The fraction of sp³-hybridized carbons (Fsp3) is 0.533. The van der Waals surface area contributed by atoms with Crippen LogP contribution < -0.4 is 10.5 Å². The SMILES string of the molecule is COC(=O)C(C)(C)COc1c(Br)cc(CC(C)N)cc1Br. The first-order valence-corrected chi connectivity index (χ1v) is 8.20. The zero-order valence-electron chi connectivity index (χ0n) is 12.7. The Morgan fingerprint density at radius 3 is 2.29 bits per heavy atom. The molecule has 1 atom stereocenters. The molecule has 0 heterocycles. The molecule has 0 radical (unpaired) electrons. The Morgan fingerprint density at radius 1 is 1.33 bits per heavy atom. The summed E-state index contributed by atoms with van der Waals surface area (Å²) in [7, 11) is 1.37. The van der Waals surface area contributed by atoms with Crippen LogP contribution in [0.2, 0.25) is 0 Å². The van der Waals surface area contributed by atoms with Crippen LogP contribution in [0.15, 0.2) is 21.1 Å². The van der Waals surface area contributed by atoms with E-state index in [2.05, 4.69) is 31.9 Å². The fourth-order valence-corrected chi connectivity index (χ4v) is 3.34. The summed E-state index contributed by atoms with van der Waals surface area (Å²) in [5.74, 6) is 0.365. The van der Waals surface area contributed by atoms with E-state index in [0.717, 1.165) is 20.9 Å². The molecule has 1 unspecified atom stereocenters. The topological polar surface area (TPSA) is 61.5 Å². The van der Waals surface area contributed by atoms with Crippen molar-refractivity contribution in [3.63, 3.8) is 0 Å². The number of benzene rings is 1. The monoisotopic (exact) mass is 421 g/mol. The van der Waals surface area contributed by atoms with Gasteiger partial charge in [0.1, 0.15) is 12.4 Å². The third-order valence-corrected chi connectivity index (χ3v) is 4.11. The number of rotatable bonds is 6. The van der Waals surface area contributed by atoms with Crippen molar-refractivity contribution in [3.05, 3.63) is 26.6 Å². The number of methoxy groups -OCH3 is 1. The van der Waals surface area contributed by atoms with Gasteiger partial charge in [0.05, 0.1) is 21.5 Å². The minimum Gasteiger partial charge on any atom is -0.490 e. The van der Waals surface area contributed by atoms with Crippen LogP contribution in [-0.4, -0.2) is 25.7 Å². The van der Waals surface area contributed by atoms with Gasteiger partial charge in [0.25, 0.3) is 0 Å². The highest BCUT2D eigenvalue weighted by Gasteiger charge is 2.30. The van der Waals surface area contributed by atoms with Gasteiger partial charge in [0.2, 0.25) is 0 Å². The number of esters is 1. The molecule has 6 heteroatoms. The van der Waals surface area contributed by atoms with Crippen molar-refractivity contribution in [3.8, 4) is 5.75 Å². The molecule has 1 aromatic carbocycles. The van der Waals surface area contributed by atoms with E-state index < -0.39 is 5.41 Å². The Morgan fingerprint density at radius 2 is 1.86 bits per heavy atom. The van der Waals surface area contributed by atoms with Gasteiger partial charge in [-0.2, -0.15) is 0 Å². The second kappa shape index (κ2) is 7.61. The van der Waals surface area contributed by atoms with Crippen LogP contribution in [-0.2, 0) is 16.0 Å². The smallest absolute Gasteiger partial charge is 0.314 e. The molecule has 0 fully saturated rings. The maximum atomic E-state index is 11.7. The van der Waals surface area contributed by atoms with Crippen LogP contribution in [0, 0.1) is 5.41 Å². The lowest BCUT2D eigenvalue weighted by atomic mass is 9.95. The highest BCUT2D eigenvalue weighted by atomic mass is 79.9. The van der Waals surface area contributed by atoms with E-state index in [4.69, 9.17) is 15.2 Å². The third-order valence-electron chi connectivity index (χ3n) is 2.93. The number of hydrogen-bond acceptors (Lipinski definition) is 4. The Balaban J connectivity index is 2.88. The zero-order valence-corrected chi connectivity index (χ0v) is 15.9. The maximum Gasteiger partial charge on any atom is 0.314 e. The van der Waals surface area contributed by atoms with Gasteiger partial charge in [0, 0.05) is 6.04 Å². The van der Waals surface area contributed by atoms with E-state index >= 15 is 0 Å². The van der Waals surface area contributed by atoms with E-state index in [1.54, 1.807) is 13.8 Å². The van der Waals surface area contributed by atoms with Gasteiger partial charge in [-0.15, -0.1) is 0 Å². The fourth-order valence-electron chi connectivity index (χ4n) is 1.83. The van der Waals surface area contributed by atoms with Crippen molar-refractivity contribution in [2.75, 3.05) is 13.7 Å². The van der Waals surface area contributed by atoms with Crippen LogP contribution in [0.4, 0.5) is 0 Å². The number of nitrogens with two attached hydrogens (primary N) is 1. The average molecular weight is 423 g/mol. The van der Waals surface area contributed by atoms with Gasteiger partial charge in [-0.1, -0.05) is 0 Å². The number of halogens is 2. The Labute approximate surface area is 142 Å². The molecule has 0 saturated heterocycles. The highest BCUT2D eigenvalue weighted by molar-refractivity contribution is 9.11. The van der Waals surface area contributed by atoms with E-state index in [1.165, 1.54) is 7.11 Å². The summed E-state index contributed by atoms with van der Waals surface area (Å²) < 4.78 is 12.2. The normalized spacial score (nSPS) is 12.9. The van der Waals surface area contributed by atoms with Crippen molar-refractivity contribution >= 4 is 37.8 Å². The van der Waals surface area contributed by atoms with Crippen LogP contribution in [0.25, 0.3) is 0 Å². The lowest BCUT2D eigenvalue weighted by molar-refractivity contribution is -0.152. The summed E-state index contributed by atoms with van der Waals surface area (Å²) in [6, 6.07) is 4.05. The van der Waals surface area contributed by atoms with Gasteiger partial charge in [-0.25, -0.2) is 0 Å². The Hall–Kier alpha value is -0.590. The van der Waals surface area contributed by atoms with Crippen LogP contribution >= 0.6 is 31.9 Å². The lowest BCUT2D eigenvalue weighted by Gasteiger charge is -2.23. The molecule has 0 amide bonds. The summed E-state index contributed by atoms with van der Waals surface area (Å²) >= 11 is 7.00. The van der Waals surface area contributed by atoms with Gasteiger partial charge in [0.15, 0.2) is 0 Å². The molecule has 1 rings (SSSR count). The molecule has 21 heavy (non-hydrogen) atoms. The molecule has 0 aliphatic rings. The largest absolute Gasteiger partial charge is 0.490 e. The molecule has 1 aromatic rings. The van der Waals surface area contributed by atoms with Crippen molar-refractivity contribution in [1.29, 1.82) is 0 Å². The molecule has 0 spiro atoms. The molecule has 4 nitrogen and oxygen atoms in total. The molecule has 118 valence electrons. The summed E-state index contributed by atoms with van der Waals surface area (Å²) in [6.45, 7) is 5.75. The molecule has 0 aliphatic heterocycles. The molecule has 0 aromatic heterocycles. The second-order valence-electron chi connectivity index (χ2n) is 5.73. The Bertz CT molecular complexity index is 493. The molecule has 0 aliphatic carbocycles. The van der Waals surface area contributed by atoms with Crippen LogP contribution in [0.3, 0.4) is 0 Å². The van der Waals surface area contributed by atoms with E-state index in [1.807, 2.05) is 19.1 Å². The van der Waals surface area contributed by atoms with Crippen LogP contribution in [0.1, 0.15) is 26.3 Å². The van der Waals surface area contributed by atoms with E-state index in [9.17, 15) is 4.79 Å². The van der Waals surface area contributed by atoms with Crippen molar-refractivity contribution in [2.45, 2.75) is 33.2 Å². The summed E-state index contributed by atoms with van der Waals surface area (Å²) in [4.78, 5) is 11.7. The predicted octanol–water partition coefficient (Wildman–Crippen LogP) is 3.68. The molecular formula is C15H21Br2NO3. The number of hydrogen-bond donors (Lipinski definition) is 1. The van der Waals surface area contributed by atoms with E-state index in [-0.39, 0.29) is 18.6 Å². The maximum absolute atomic E-state index is 11.7. The first kappa shape index (κ1) is 18.5. The highest BCUT2D eigenvalue weighted by Crippen LogP contribution is 2.36. The van der Waals surface area contributed by atoms with Gasteiger partial charge >= 0.3 is 5.97 Å². The standard InChI is InChI=1S/C15H21Br2NO3/c1-9(18)5-10-6-11(16)13(12(17)7-10)21-8-15(2,3)14(19)20-4/h6-7,9H,5,8,18H2,1-4H3. The van der Waals surface area contributed by atoms with Gasteiger partial charge < -0.3 is 15.2 Å². The minimum atomic E-state index is -0.710. The molecule has 0 bridgehead atoms. The first-order valence-electron chi connectivity index (χ1n) is 6.62. The lowest BCUT2D eigenvalue weighted by Crippen LogP contribution is -2.32. The third kappa shape index (κ3) is 5.27. The van der Waals surface area contributed by atoms with Gasteiger partial charge in [-0.05, 0) is 76.7 Å². The quantitative estimate of drug-likeness (QED) is 0.710. The predicted molar refractivity (Wildman–Crippen MR) is 90.5 cm³/mol. The minimum absolute atomic E-state index is 0.0915. The van der Waals surface area contributed by atoms with Crippen molar-refractivity contribution in [2.24, 2.45) is 11.1 Å². The first-order chi connectivity index (χ1) is 9.67. The summed E-state index contributed by atoms with van der Waals surface area (Å²) in [5.41, 5.74) is 6.22. The van der Waals surface area contributed by atoms with Crippen molar-refractivity contribution in [1.82, 2.24) is 0 Å². The number of carbonyl (C=O) groups is 1. The Kier molecular flexibility index (Phi) is 6.69. The summed E-state index contributed by atoms with van der Waals surface area (Å²) in [6.07, 6.45) is 0.783. The number of carbonyl (C=O) groups excluding carboxylic acids is 1. The second-order valence-corrected chi connectivity index (χ2v) is 7.44.